The lowest BCUT2D eigenvalue weighted by Gasteiger charge is -2.23. The molecule has 2 atom stereocenters. The number of alkyl halides is 3. The third-order valence-corrected chi connectivity index (χ3v) is 5.50. The molecule has 172 valence electrons. The molecule has 1 heterocycles. The molecule has 1 fully saturated rings. The van der Waals surface area contributed by atoms with Crippen LogP contribution in [-0.2, 0) is 27.0 Å². The summed E-state index contributed by atoms with van der Waals surface area (Å²) in [5.41, 5.74) is -0.434. The Kier molecular flexibility index (Phi) is 7.23. The summed E-state index contributed by atoms with van der Waals surface area (Å²) in [5.74, 6) is -2.93. The highest BCUT2D eigenvalue weighted by Gasteiger charge is 2.44. The van der Waals surface area contributed by atoms with Crippen molar-refractivity contribution in [3.05, 3.63) is 70.8 Å². The van der Waals surface area contributed by atoms with Crippen molar-refractivity contribution in [2.45, 2.75) is 38.6 Å². The molecule has 0 unspecified atom stereocenters. The van der Waals surface area contributed by atoms with E-state index in [1.165, 1.54) is 19.2 Å². The van der Waals surface area contributed by atoms with Gasteiger partial charge in [-0.1, -0.05) is 42.5 Å². The van der Waals surface area contributed by atoms with Gasteiger partial charge in [0.1, 0.15) is 0 Å². The molecular formula is C24H26F3NO4. The van der Waals surface area contributed by atoms with Gasteiger partial charge in [0.05, 0.1) is 30.3 Å². The van der Waals surface area contributed by atoms with E-state index in [-0.39, 0.29) is 5.56 Å². The first-order valence-corrected chi connectivity index (χ1v) is 10.4. The van der Waals surface area contributed by atoms with Crippen molar-refractivity contribution in [1.29, 1.82) is 0 Å². The summed E-state index contributed by atoms with van der Waals surface area (Å²) >= 11 is 0. The fourth-order valence-corrected chi connectivity index (χ4v) is 4.18. The van der Waals surface area contributed by atoms with Gasteiger partial charge in [-0.05, 0) is 31.0 Å². The van der Waals surface area contributed by atoms with Gasteiger partial charge in [0, 0.05) is 25.6 Å². The van der Waals surface area contributed by atoms with Gasteiger partial charge >= 0.3 is 18.1 Å². The van der Waals surface area contributed by atoms with Crippen molar-refractivity contribution in [3.63, 3.8) is 0 Å². The summed E-state index contributed by atoms with van der Waals surface area (Å²) < 4.78 is 51.5. The van der Waals surface area contributed by atoms with E-state index in [0.717, 1.165) is 11.6 Å². The average Bonchev–Trinajstić information content (AvgIpc) is 3.15. The van der Waals surface area contributed by atoms with Crippen LogP contribution in [0.3, 0.4) is 0 Å². The summed E-state index contributed by atoms with van der Waals surface area (Å²) in [6, 6.07) is 13.2. The van der Waals surface area contributed by atoms with Crippen LogP contribution in [0.1, 0.15) is 46.8 Å². The van der Waals surface area contributed by atoms with E-state index < -0.39 is 47.2 Å². The van der Waals surface area contributed by atoms with Crippen molar-refractivity contribution in [1.82, 2.24) is 4.90 Å². The van der Waals surface area contributed by atoms with E-state index in [0.29, 0.717) is 19.6 Å². The maximum atomic E-state index is 13.8. The highest BCUT2D eigenvalue weighted by Crippen LogP contribution is 2.41. The molecule has 0 aromatic heterocycles. The summed E-state index contributed by atoms with van der Waals surface area (Å²) in [4.78, 5) is 27.3. The zero-order valence-corrected chi connectivity index (χ0v) is 18.2. The number of halogens is 3. The molecule has 0 radical (unpaired) electrons. The van der Waals surface area contributed by atoms with Crippen molar-refractivity contribution >= 4 is 11.9 Å². The number of rotatable bonds is 6. The Morgan fingerprint density at radius 1 is 1.06 bits per heavy atom. The lowest BCUT2D eigenvalue weighted by molar-refractivity contribution is -0.145. The van der Waals surface area contributed by atoms with Gasteiger partial charge in [-0.15, -0.1) is 0 Å². The lowest BCUT2D eigenvalue weighted by atomic mass is 9.84. The van der Waals surface area contributed by atoms with Gasteiger partial charge in [0.15, 0.2) is 0 Å². The van der Waals surface area contributed by atoms with E-state index >= 15 is 0 Å². The topological polar surface area (TPSA) is 55.8 Å². The van der Waals surface area contributed by atoms with Crippen LogP contribution in [-0.4, -0.2) is 43.1 Å². The zero-order chi connectivity index (χ0) is 23.5. The number of ether oxygens (including phenoxy) is 2. The molecule has 5 nitrogen and oxygen atoms in total. The number of methoxy groups -OCH3 is 1. The molecule has 0 amide bonds. The molecule has 0 aliphatic carbocycles. The Hall–Kier alpha value is -2.87. The van der Waals surface area contributed by atoms with Crippen LogP contribution in [0, 0.1) is 5.92 Å². The average molecular weight is 449 g/mol. The van der Waals surface area contributed by atoms with Gasteiger partial charge in [-0.2, -0.15) is 13.2 Å². The second-order valence-electron chi connectivity index (χ2n) is 8.14. The smallest absolute Gasteiger partial charge is 0.417 e. The molecule has 1 aliphatic heterocycles. The Balaban J connectivity index is 2.04. The van der Waals surface area contributed by atoms with Gasteiger partial charge in [0.2, 0.25) is 0 Å². The minimum atomic E-state index is -4.75. The number of carbonyl (C=O) groups excluding carboxylic acids is 2. The summed E-state index contributed by atoms with van der Waals surface area (Å²) in [6.07, 6.45) is -5.34. The zero-order valence-electron chi connectivity index (χ0n) is 18.2. The fourth-order valence-electron chi connectivity index (χ4n) is 4.18. The maximum Gasteiger partial charge on any atom is 0.417 e. The molecule has 0 spiro atoms. The molecule has 0 N–H and O–H groups in total. The number of hydrogen-bond donors (Lipinski definition) is 0. The highest BCUT2D eigenvalue weighted by molar-refractivity contribution is 5.94. The Bertz CT molecular complexity index is 959. The molecule has 3 rings (SSSR count). The van der Waals surface area contributed by atoms with E-state index in [1.807, 2.05) is 35.2 Å². The van der Waals surface area contributed by atoms with Crippen LogP contribution in [0.2, 0.25) is 0 Å². The standard InChI is InChI=1S/C24H26F3NO4/c1-15(2)32-23(30)21-17(10-7-11-20(21)24(25,26)27)18-13-28(14-19(18)22(29)31-3)12-16-8-5-4-6-9-16/h4-11,15,18-19H,12-14H2,1-3H3/t18-,19-/m1/s1. The summed E-state index contributed by atoms with van der Waals surface area (Å²) in [5, 5.41) is 0. The number of carbonyl (C=O) groups is 2. The van der Waals surface area contributed by atoms with Crippen LogP contribution >= 0.6 is 0 Å². The van der Waals surface area contributed by atoms with E-state index in [1.54, 1.807) is 13.8 Å². The quantitative estimate of drug-likeness (QED) is 0.601. The number of nitrogens with zero attached hydrogens (tertiary/aromatic N) is 1. The molecule has 0 saturated carbocycles. The minimum absolute atomic E-state index is 0.149. The van der Waals surface area contributed by atoms with E-state index in [9.17, 15) is 22.8 Å². The summed E-state index contributed by atoms with van der Waals surface area (Å²) in [6.45, 7) is 4.28. The maximum absolute atomic E-state index is 13.8. The third-order valence-electron chi connectivity index (χ3n) is 5.50. The van der Waals surface area contributed by atoms with Crippen LogP contribution in [0.4, 0.5) is 13.2 Å². The molecule has 1 saturated heterocycles. The number of benzene rings is 2. The van der Waals surface area contributed by atoms with E-state index in [4.69, 9.17) is 9.47 Å². The van der Waals surface area contributed by atoms with Crippen LogP contribution in [0.15, 0.2) is 48.5 Å². The lowest BCUT2D eigenvalue weighted by Crippen LogP contribution is -2.26. The molecule has 1 aliphatic rings. The normalized spacial score (nSPS) is 19.2. The minimum Gasteiger partial charge on any atom is -0.469 e. The van der Waals surface area contributed by atoms with Crippen molar-refractivity contribution in [2.24, 2.45) is 5.92 Å². The second-order valence-corrected chi connectivity index (χ2v) is 8.14. The van der Waals surface area contributed by atoms with Crippen molar-refractivity contribution in [3.8, 4) is 0 Å². The molecule has 2 aromatic rings. The molecular weight excluding hydrogens is 423 g/mol. The molecule has 32 heavy (non-hydrogen) atoms. The second kappa shape index (κ2) is 9.73. The van der Waals surface area contributed by atoms with Crippen LogP contribution in [0.25, 0.3) is 0 Å². The molecule has 0 bridgehead atoms. The number of likely N-dealkylation sites (tertiary alicyclic amines) is 1. The van der Waals surface area contributed by atoms with Gasteiger partial charge in [-0.3, -0.25) is 9.69 Å². The van der Waals surface area contributed by atoms with Crippen molar-refractivity contribution < 1.29 is 32.2 Å². The Morgan fingerprint density at radius 3 is 2.34 bits per heavy atom. The predicted molar refractivity (Wildman–Crippen MR) is 112 cm³/mol. The van der Waals surface area contributed by atoms with Gasteiger partial charge < -0.3 is 9.47 Å². The number of esters is 2. The van der Waals surface area contributed by atoms with Crippen molar-refractivity contribution in [2.75, 3.05) is 20.2 Å². The molecule has 2 aromatic carbocycles. The molecule has 8 heteroatoms. The first-order valence-electron chi connectivity index (χ1n) is 10.4. The highest BCUT2D eigenvalue weighted by atomic mass is 19.4. The summed E-state index contributed by atoms with van der Waals surface area (Å²) in [7, 11) is 1.25. The SMILES string of the molecule is COC(=O)[C@@H]1CN(Cc2ccccc2)C[C@@H]1c1cccc(C(F)(F)F)c1C(=O)OC(C)C. The third kappa shape index (κ3) is 5.30. The Morgan fingerprint density at radius 2 is 1.75 bits per heavy atom. The van der Waals surface area contributed by atoms with Gasteiger partial charge in [-0.25, -0.2) is 4.79 Å². The van der Waals surface area contributed by atoms with Gasteiger partial charge in [0.25, 0.3) is 0 Å². The van der Waals surface area contributed by atoms with Crippen LogP contribution < -0.4 is 0 Å². The van der Waals surface area contributed by atoms with Crippen LogP contribution in [0.5, 0.6) is 0 Å². The predicted octanol–water partition coefficient (Wildman–Crippen LogP) is 4.66. The fraction of sp³-hybridized carbons (Fsp3) is 0.417. The largest absolute Gasteiger partial charge is 0.469 e. The monoisotopic (exact) mass is 449 g/mol. The first kappa shape index (κ1) is 23.8. The van der Waals surface area contributed by atoms with E-state index in [2.05, 4.69) is 0 Å². The number of hydrogen-bond acceptors (Lipinski definition) is 5. The Labute approximate surface area is 185 Å². The first-order chi connectivity index (χ1) is 15.1.